The first kappa shape index (κ1) is 25.5. The zero-order valence-electron chi connectivity index (χ0n) is 19.9. The highest BCUT2D eigenvalue weighted by atomic mass is 127. The number of fused-ring (bicyclic) bond motifs is 3. The molecule has 3 rings (SSSR count). The van der Waals surface area contributed by atoms with Crippen molar-refractivity contribution in [3.05, 3.63) is 54.7 Å². The van der Waals surface area contributed by atoms with E-state index in [2.05, 4.69) is 109 Å². The second kappa shape index (κ2) is 11.9. The Balaban J connectivity index is 2.16. The van der Waals surface area contributed by atoms with Gasteiger partial charge in [0.05, 0.1) is 0 Å². The van der Waals surface area contributed by atoms with E-state index >= 15 is 0 Å². The summed E-state index contributed by atoms with van der Waals surface area (Å²) in [5, 5.41) is 0. The molecule has 0 N–H and O–H groups in total. The summed E-state index contributed by atoms with van der Waals surface area (Å²) in [6, 6.07) is 14.5. The molecule has 0 spiro atoms. The molecule has 0 amide bonds. The van der Waals surface area contributed by atoms with E-state index in [1.165, 1.54) is 82.5 Å². The molecular weight excluding hydrogens is 602 g/mol. The van der Waals surface area contributed by atoms with Crippen molar-refractivity contribution >= 4 is 45.2 Å². The Hall–Kier alpha value is -0.100. The molecule has 2 heteroatoms. The molecule has 0 fully saturated rings. The van der Waals surface area contributed by atoms with Crippen LogP contribution in [0.5, 0.6) is 0 Å². The van der Waals surface area contributed by atoms with Gasteiger partial charge in [-0.1, -0.05) is 91.2 Å². The second-order valence-corrected chi connectivity index (χ2v) is 12.2. The first-order valence-electron chi connectivity index (χ1n) is 12.6. The Morgan fingerprint density at radius 3 is 1.45 bits per heavy atom. The van der Waals surface area contributed by atoms with Gasteiger partial charge in [0.15, 0.2) is 0 Å². The highest BCUT2D eigenvalue weighted by Gasteiger charge is 2.45. The molecule has 0 unspecified atom stereocenters. The van der Waals surface area contributed by atoms with Gasteiger partial charge in [0.1, 0.15) is 0 Å². The molecule has 2 aromatic rings. The molecule has 31 heavy (non-hydrogen) atoms. The number of unbranched alkanes of at least 4 members (excludes halogenated alkanes) is 2. The van der Waals surface area contributed by atoms with E-state index in [0.29, 0.717) is 0 Å². The summed E-state index contributed by atoms with van der Waals surface area (Å²) in [4.78, 5) is 0. The summed E-state index contributed by atoms with van der Waals surface area (Å²) in [6.45, 7) is 9.52. The molecule has 2 aromatic carbocycles. The summed E-state index contributed by atoms with van der Waals surface area (Å²) in [5.41, 5.74) is 6.43. The molecule has 0 radical (unpaired) electrons. The van der Waals surface area contributed by atoms with Crippen molar-refractivity contribution < 1.29 is 0 Å². The lowest BCUT2D eigenvalue weighted by Crippen LogP contribution is -2.31. The fourth-order valence-corrected chi connectivity index (χ4v) is 6.82. The molecule has 1 aliphatic carbocycles. The van der Waals surface area contributed by atoms with Crippen LogP contribution in [0, 0.1) is 19.0 Å². The Labute approximate surface area is 218 Å². The van der Waals surface area contributed by atoms with E-state index in [1.54, 1.807) is 11.1 Å². The third-order valence-electron chi connectivity index (χ3n) is 7.65. The predicted molar refractivity (Wildman–Crippen MR) is 154 cm³/mol. The average molecular weight is 642 g/mol. The number of rotatable bonds is 12. The maximum Gasteiger partial charge on any atom is 0.0221 e. The van der Waals surface area contributed by atoms with Crippen molar-refractivity contribution in [1.82, 2.24) is 0 Å². The maximum absolute atomic E-state index is 2.53. The molecule has 0 heterocycles. The molecule has 1 aliphatic rings. The highest BCUT2D eigenvalue weighted by Crippen LogP contribution is 2.56. The lowest BCUT2D eigenvalue weighted by Gasteiger charge is -2.38. The molecule has 0 saturated carbocycles. The van der Waals surface area contributed by atoms with Crippen LogP contribution < -0.4 is 0 Å². The standard InChI is InChI=1S/C29H40I2/c1-5-9-11-21(7-3)19-29(20-22(8-4)12-10-6-2)27-17-23(30)13-15-25(27)26-16-14-24(31)18-28(26)29/h13-18,21-22H,5-12,19-20H2,1-4H3/t21-,22+. The predicted octanol–water partition coefficient (Wildman–Crippen LogP) is 10.4. The second-order valence-electron chi connectivity index (χ2n) is 9.70. The van der Waals surface area contributed by atoms with Crippen molar-refractivity contribution in [2.75, 3.05) is 0 Å². The molecule has 0 nitrogen and oxygen atoms in total. The lowest BCUT2D eigenvalue weighted by atomic mass is 9.65. The minimum Gasteiger partial charge on any atom is -0.0654 e. The van der Waals surface area contributed by atoms with E-state index in [1.807, 2.05) is 0 Å². The molecule has 0 aromatic heterocycles. The number of halogens is 2. The summed E-state index contributed by atoms with van der Waals surface area (Å²) >= 11 is 5.05. The maximum atomic E-state index is 2.53. The van der Waals surface area contributed by atoms with E-state index in [9.17, 15) is 0 Å². The van der Waals surface area contributed by atoms with Crippen molar-refractivity contribution in [3.8, 4) is 11.1 Å². The third kappa shape index (κ3) is 5.70. The SMILES string of the molecule is CCCC[C@@H](CC)CC1(C[C@@H](CC)CCCC)c2cc(I)ccc2-c2ccc(I)cc21. The molecule has 0 aliphatic heterocycles. The smallest absolute Gasteiger partial charge is 0.0221 e. The van der Waals surface area contributed by atoms with E-state index in [0.717, 1.165) is 11.8 Å². The van der Waals surface area contributed by atoms with Gasteiger partial charge in [0, 0.05) is 12.6 Å². The molecule has 170 valence electrons. The van der Waals surface area contributed by atoms with Crippen molar-refractivity contribution in [2.45, 2.75) is 97.3 Å². The van der Waals surface area contributed by atoms with Crippen LogP contribution in [-0.4, -0.2) is 0 Å². The minimum absolute atomic E-state index is 0.176. The van der Waals surface area contributed by atoms with E-state index in [-0.39, 0.29) is 5.41 Å². The van der Waals surface area contributed by atoms with Crippen LogP contribution in [0.2, 0.25) is 0 Å². The monoisotopic (exact) mass is 642 g/mol. The first-order valence-corrected chi connectivity index (χ1v) is 14.7. The van der Waals surface area contributed by atoms with Gasteiger partial charge in [-0.25, -0.2) is 0 Å². The number of hydrogen-bond donors (Lipinski definition) is 0. The molecular formula is C29H40I2. The van der Waals surface area contributed by atoms with Crippen LogP contribution in [-0.2, 0) is 5.41 Å². The largest absolute Gasteiger partial charge is 0.0654 e. The quantitative estimate of drug-likeness (QED) is 0.202. The van der Waals surface area contributed by atoms with Gasteiger partial charge in [-0.05, 0) is 116 Å². The van der Waals surface area contributed by atoms with Crippen LogP contribution in [0.1, 0.15) is 103 Å². The van der Waals surface area contributed by atoms with E-state index < -0.39 is 0 Å². The molecule has 0 bridgehead atoms. The molecule has 0 saturated heterocycles. The Morgan fingerprint density at radius 1 is 0.677 bits per heavy atom. The van der Waals surface area contributed by atoms with Crippen molar-refractivity contribution in [3.63, 3.8) is 0 Å². The summed E-state index contributed by atoms with van der Waals surface area (Å²) in [5.74, 6) is 1.61. The van der Waals surface area contributed by atoms with Crippen LogP contribution in [0.4, 0.5) is 0 Å². The zero-order chi connectivity index (χ0) is 22.4. The van der Waals surface area contributed by atoms with Crippen LogP contribution >= 0.6 is 45.2 Å². The van der Waals surface area contributed by atoms with Gasteiger partial charge >= 0.3 is 0 Å². The summed E-state index contributed by atoms with van der Waals surface area (Å²) < 4.78 is 2.76. The van der Waals surface area contributed by atoms with Gasteiger partial charge < -0.3 is 0 Å². The summed E-state index contributed by atoms with van der Waals surface area (Å²) in [6.07, 6.45) is 13.3. The van der Waals surface area contributed by atoms with Gasteiger partial charge in [0.2, 0.25) is 0 Å². The molecule has 2 atom stereocenters. The van der Waals surface area contributed by atoms with Gasteiger partial charge in [-0.2, -0.15) is 0 Å². The van der Waals surface area contributed by atoms with Crippen LogP contribution in [0.3, 0.4) is 0 Å². The first-order chi connectivity index (χ1) is 15.0. The van der Waals surface area contributed by atoms with Crippen LogP contribution in [0.15, 0.2) is 36.4 Å². The zero-order valence-corrected chi connectivity index (χ0v) is 24.3. The fraction of sp³-hybridized carbons (Fsp3) is 0.586. The third-order valence-corrected chi connectivity index (χ3v) is 8.99. The Bertz CT molecular complexity index is 782. The normalized spacial score (nSPS) is 16.1. The van der Waals surface area contributed by atoms with Gasteiger partial charge in [-0.15, -0.1) is 0 Å². The number of benzene rings is 2. The van der Waals surface area contributed by atoms with Gasteiger partial charge in [0.25, 0.3) is 0 Å². The van der Waals surface area contributed by atoms with Crippen molar-refractivity contribution in [1.29, 1.82) is 0 Å². The topological polar surface area (TPSA) is 0 Å². The Kier molecular flexibility index (Phi) is 9.76. The highest BCUT2D eigenvalue weighted by molar-refractivity contribution is 14.1. The Morgan fingerprint density at radius 2 is 1.10 bits per heavy atom. The average Bonchev–Trinajstić information content (AvgIpc) is 3.02. The minimum atomic E-state index is 0.176. The van der Waals surface area contributed by atoms with Crippen molar-refractivity contribution in [2.24, 2.45) is 11.8 Å². The summed E-state index contributed by atoms with van der Waals surface area (Å²) in [7, 11) is 0. The lowest BCUT2D eigenvalue weighted by molar-refractivity contribution is 0.266. The number of hydrogen-bond acceptors (Lipinski definition) is 0. The van der Waals surface area contributed by atoms with Crippen LogP contribution in [0.25, 0.3) is 11.1 Å². The van der Waals surface area contributed by atoms with E-state index in [4.69, 9.17) is 0 Å². The fourth-order valence-electron chi connectivity index (χ4n) is 5.84. The van der Waals surface area contributed by atoms with Gasteiger partial charge in [-0.3, -0.25) is 0 Å².